The number of hydrogen-bond acceptors (Lipinski definition) is 2. The smallest absolute Gasteiger partial charge is 0.314 e. The number of nitrogens with zero attached hydrogens (tertiary/aromatic N) is 2. The SMILES string of the molecule is FC(F)(F)c1ccn2cc(CC3CCCN3)nc2c1. The zero-order chi connectivity index (χ0) is 13.5. The summed E-state index contributed by atoms with van der Waals surface area (Å²) in [4.78, 5) is 4.27. The molecule has 1 fully saturated rings. The van der Waals surface area contributed by atoms with Crippen molar-refractivity contribution in [3.63, 3.8) is 0 Å². The minimum Gasteiger partial charge on any atom is -0.314 e. The first kappa shape index (κ1) is 12.5. The molecular formula is C13H14F3N3. The Balaban J connectivity index is 1.87. The van der Waals surface area contributed by atoms with Crippen molar-refractivity contribution in [2.75, 3.05) is 6.54 Å². The lowest BCUT2D eigenvalue weighted by Crippen LogP contribution is -2.23. The predicted molar refractivity (Wildman–Crippen MR) is 64.9 cm³/mol. The lowest BCUT2D eigenvalue weighted by Gasteiger charge is -2.06. The fourth-order valence-electron chi connectivity index (χ4n) is 2.49. The minimum atomic E-state index is -4.32. The topological polar surface area (TPSA) is 29.3 Å². The number of hydrogen-bond donors (Lipinski definition) is 1. The highest BCUT2D eigenvalue weighted by atomic mass is 19.4. The van der Waals surface area contributed by atoms with E-state index >= 15 is 0 Å². The number of nitrogens with one attached hydrogen (secondary N) is 1. The molecule has 0 bridgehead atoms. The van der Waals surface area contributed by atoms with Gasteiger partial charge in [0.15, 0.2) is 0 Å². The van der Waals surface area contributed by atoms with Crippen LogP contribution in [-0.4, -0.2) is 22.0 Å². The number of alkyl halides is 3. The fraction of sp³-hybridized carbons (Fsp3) is 0.462. The molecule has 1 saturated heterocycles. The molecule has 0 saturated carbocycles. The lowest BCUT2D eigenvalue weighted by atomic mass is 10.1. The Bertz CT molecular complexity index is 582. The van der Waals surface area contributed by atoms with E-state index in [-0.39, 0.29) is 0 Å². The van der Waals surface area contributed by atoms with Gasteiger partial charge in [-0.25, -0.2) is 4.98 Å². The molecular weight excluding hydrogens is 255 g/mol. The summed E-state index contributed by atoms with van der Waals surface area (Å²) in [7, 11) is 0. The van der Waals surface area contributed by atoms with Gasteiger partial charge in [0.2, 0.25) is 0 Å². The van der Waals surface area contributed by atoms with Gasteiger partial charge in [-0.2, -0.15) is 13.2 Å². The number of imidazole rings is 1. The minimum absolute atomic E-state index is 0.350. The van der Waals surface area contributed by atoms with Crippen LogP contribution in [-0.2, 0) is 12.6 Å². The van der Waals surface area contributed by atoms with Gasteiger partial charge in [-0.3, -0.25) is 0 Å². The van der Waals surface area contributed by atoms with E-state index in [1.54, 1.807) is 10.6 Å². The van der Waals surface area contributed by atoms with E-state index in [9.17, 15) is 13.2 Å². The van der Waals surface area contributed by atoms with Crippen LogP contribution in [0.25, 0.3) is 5.65 Å². The van der Waals surface area contributed by atoms with Crippen molar-refractivity contribution in [2.24, 2.45) is 0 Å². The fourth-order valence-corrected chi connectivity index (χ4v) is 2.49. The average molecular weight is 269 g/mol. The van der Waals surface area contributed by atoms with Gasteiger partial charge in [-0.15, -0.1) is 0 Å². The van der Waals surface area contributed by atoms with Crippen molar-refractivity contribution in [1.82, 2.24) is 14.7 Å². The second-order valence-electron chi connectivity index (χ2n) is 4.91. The molecule has 1 unspecified atom stereocenters. The van der Waals surface area contributed by atoms with Gasteiger partial charge < -0.3 is 9.72 Å². The molecule has 2 aromatic heterocycles. The number of aromatic nitrogens is 2. The quantitative estimate of drug-likeness (QED) is 0.908. The van der Waals surface area contributed by atoms with Crippen LogP contribution in [0.2, 0.25) is 0 Å². The Kier molecular flexibility index (Phi) is 2.97. The molecule has 3 heterocycles. The van der Waals surface area contributed by atoms with E-state index in [0.29, 0.717) is 11.7 Å². The summed E-state index contributed by atoms with van der Waals surface area (Å²) in [6.07, 6.45) is 1.91. The average Bonchev–Trinajstić information content (AvgIpc) is 2.95. The molecule has 3 nitrogen and oxygen atoms in total. The van der Waals surface area contributed by atoms with Gasteiger partial charge in [0, 0.05) is 24.9 Å². The molecule has 0 aromatic carbocycles. The maximum absolute atomic E-state index is 12.6. The molecule has 1 atom stereocenters. The second-order valence-corrected chi connectivity index (χ2v) is 4.91. The van der Waals surface area contributed by atoms with Crippen LogP contribution in [0.15, 0.2) is 24.5 Å². The maximum Gasteiger partial charge on any atom is 0.416 e. The van der Waals surface area contributed by atoms with E-state index < -0.39 is 11.7 Å². The zero-order valence-electron chi connectivity index (χ0n) is 10.2. The van der Waals surface area contributed by atoms with Crippen LogP contribution in [0, 0.1) is 0 Å². The van der Waals surface area contributed by atoms with Crippen molar-refractivity contribution >= 4 is 5.65 Å². The highest BCUT2D eigenvalue weighted by molar-refractivity contribution is 5.44. The summed E-state index contributed by atoms with van der Waals surface area (Å²) in [5.74, 6) is 0. The molecule has 6 heteroatoms. The van der Waals surface area contributed by atoms with Crippen molar-refractivity contribution < 1.29 is 13.2 Å². The second kappa shape index (κ2) is 4.52. The number of fused-ring (bicyclic) bond motifs is 1. The van der Waals surface area contributed by atoms with E-state index in [2.05, 4.69) is 10.3 Å². The predicted octanol–water partition coefficient (Wildman–Crippen LogP) is 2.65. The Morgan fingerprint density at radius 3 is 2.95 bits per heavy atom. The summed E-state index contributed by atoms with van der Waals surface area (Å²) in [5.41, 5.74) is 0.526. The molecule has 0 aliphatic carbocycles. The van der Waals surface area contributed by atoms with E-state index in [1.807, 2.05) is 0 Å². The van der Waals surface area contributed by atoms with Crippen molar-refractivity contribution in [3.05, 3.63) is 35.8 Å². The zero-order valence-corrected chi connectivity index (χ0v) is 10.2. The highest BCUT2D eigenvalue weighted by Crippen LogP contribution is 2.29. The van der Waals surface area contributed by atoms with Crippen molar-refractivity contribution in [2.45, 2.75) is 31.5 Å². The number of halogens is 3. The largest absolute Gasteiger partial charge is 0.416 e. The molecule has 1 N–H and O–H groups in total. The molecule has 0 radical (unpaired) electrons. The lowest BCUT2D eigenvalue weighted by molar-refractivity contribution is -0.137. The normalized spacial score (nSPS) is 20.3. The van der Waals surface area contributed by atoms with Gasteiger partial charge in [0.1, 0.15) is 5.65 Å². The molecule has 1 aliphatic heterocycles. The third-order valence-electron chi connectivity index (χ3n) is 3.46. The number of rotatable bonds is 2. The van der Waals surface area contributed by atoms with Gasteiger partial charge in [0.05, 0.1) is 11.3 Å². The Labute approximate surface area is 108 Å². The Morgan fingerprint density at radius 1 is 1.42 bits per heavy atom. The van der Waals surface area contributed by atoms with E-state index in [4.69, 9.17) is 0 Å². The number of pyridine rings is 1. The molecule has 0 amide bonds. The molecule has 0 spiro atoms. The van der Waals surface area contributed by atoms with Crippen LogP contribution in [0.1, 0.15) is 24.1 Å². The summed E-state index contributed by atoms with van der Waals surface area (Å²) in [5, 5.41) is 3.36. The third kappa shape index (κ3) is 2.58. The molecule has 19 heavy (non-hydrogen) atoms. The first-order valence-corrected chi connectivity index (χ1v) is 6.30. The van der Waals surface area contributed by atoms with E-state index in [1.165, 1.54) is 6.20 Å². The monoisotopic (exact) mass is 269 g/mol. The van der Waals surface area contributed by atoms with Crippen LogP contribution in [0.5, 0.6) is 0 Å². The summed E-state index contributed by atoms with van der Waals surface area (Å²) >= 11 is 0. The van der Waals surface area contributed by atoms with Gasteiger partial charge in [0.25, 0.3) is 0 Å². The van der Waals surface area contributed by atoms with Crippen LogP contribution < -0.4 is 5.32 Å². The molecule has 3 rings (SSSR count). The summed E-state index contributed by atoms with van der Waals surface area (Å²) < 4.78 is 39.4. The Morgan fingerprint density at radius 2 is 2.26 bits per heavy atom. The Hall–Kier alpha value is -1.56. The highest BCUT2D eigenvalue weighted by Gasteiger charge is 2.30. The standard InChI is InChI=1S/C13H14F3N3/c14-13(15,16)9-3-5-19-8-11(18-12(19)6-9)7-10-2-1-4-17-10/h3,5-6,8,10,17H,1-2,4,7H2. The summed E-state index contributed by atoms with van der Waals surface area (Å²) in [6, 6.07) is 2.56. The molecule has 1 aliphatic rings. The van der Waals surface area contributed by atoms with Gasteiger partial charge in [-0.1, -0.05) is 0 Å². The molecule has 102 valence electrons. The van der Waals surface area contributed by atoms with Crippen molar-refractivity contribution in [3.8, 4) is 0 Å². The maximum atomic E-state index is 12.6. The first-order valence-electron chi connectivity index (χ1n) is 6.30. The van der Waals surface area contributed by atoms with Crippen molar-refractivity contribution in [1.29, 1.82) is 0 Å². The van der Waals surface area contributed by atoms with E-state index in [0.717, 1.165) is 43.6 Å². The first-order chi connectivity index (χ1) is 9.02. The van der Waals surface area contributed by atoms with Gasteiger partial charge >= 0.3 is 6.18 Å². The van der Waals surface area contributed by atoms with Crippen LogP contribution in [0.4, 0.5) is 13.2 Å². The molecule has 2 aromatic rings. The van der Waals surface area contributed by atoms with Gasteiger partial charge in [-0.05, 0) is 31.5 Å². The van der Waals surface area contributed by atoms with Crippen LogP contribution in [0.3, 0.4) is 0 Å². The summed E-state index contributed by atoms with van der Waals surface area (Å²) in [6.45, 7) is 1.01. The van der Waals surface area contributed by atoms with Crippen LogP contribution >= 0.6 is 0 Å². The third-order valence-corrected chi connectivity index (χ3v) is 3.46.